The molecule has 4 rings (SSSR count). The predicted molar refractivity (Wildman–Crippen MR) is 88.4 cm³/mol. The number of aromatic nitrogens is 2. The molecule has 7 nitrogen and oxygen atoms in total. The van der Waals surface area contributed by atoms with Crippen LogP contribution in [0.4, 0.5) is 21.9 Å². The Morgan fingerprint density at radius 2 is 2.22 bits per heavy atom. The van der Waals surface area contributed by atoms with Crippen LogP contribution in [0.2, 0.25) is 0 Å². The Hall–Kier alpha value is -3.00. The van der Waals surface area contributed by atoms with E-state index in [2.05, 4.69) is 20.6 Å². The van der Waals surface area contributed by atoms with Crippen molar-refractivity contribution in [3.63, 3.8) is 0 Å². The number of carbonyl (C=O) groups excluding carboxylic acids is 2. The van der Waals surface area contributed by atoms with Crippen molar-refractivity contribution in [3.8, 4) is 0 Å². The molecule has 8 heteroatoms. The van der Waals surface area contributed by atoms with E-state index in [9.17, 15) is 9.59 Å². The highest BCUT2D eigenvalue weighted by Gasteiger charge is 2.32. The van der Waals surface area contributed by atoms with Crippen LogP contribution in [0.15, 0.2) is 36.8 Å². The minimum absolute atomic E-state index is 0.246. The lowest BCUT2D eigenvalue weighted by molar-refractivity contribution is 0.0968. The van der Waals surface area contributed by atoms with Crippen LogP contribution < -0.4 is 15.5 Å². The van der Waals surface area contributed by atoms with E-state index in [-0.39, 0.29) is 11.9 Å². The highest BCUT2D eigenvalue weighted by Crippen LogP contribution is 2.45. The van der Waals surface area contributed by atoms with Crippen LogP contribution in [0.3, 0.4) is 0 Å². The molecule has 0 aromatic carbocycles. The van der Waals surface area contributed by atoms with Crippen LogP contribution in [0, 0.1) is 0 Å². The van der Waals surface area contributed by atoms with Gasteiger partial charge in [-0.25, -0.2) is 9.78 Å². The molecule has 0 spiro atoms. The third-order valence-corrected chi connectivity index (χ3v) is 4.68. The largest absolute Gasteiger partial charge is 0.354 e. The molecular weight excluding hydrogens is 314 g/mol. The van der Waals surface area contributed by atoms with E-state index in [1.165, 1.54) is 16.2 Å². The van der Waals surface area contributed by atoms with Gasteiger partial charge in [0.05, 0.1) is 28.6 Å². The number of amides is 3. The predicted octanol–water partition coefficient (Wildman–Crippen LogP) is 2.73. The lowest BCUT2D eigenvalue weighted by atomic mass is 10.1. The summed E-state index contributed by atoms with van der Waals surface area (Å²) in [6, 6.07) is 5.00. The zero-order chi connectivity index (χ0) is 16.0. The molecule has 1 aliphatic rings. The molecule has 23 heavy (non-hydrogen) atoms. The van der Waals surface area contributed by atoms with Gasteiger partial charge in [0.15, 0.2) is 0 Å². The van der Waals surface area contributed by atoms with E-state index >= 15 is 0 Å². The van der Waals surface area contributed by atoms with Crippen LogP contribution in [-0.2, 0) is 0 Å². The number of urea groups is 1. The number of rotatable bonds is 2. The standard InChI is InChI=1S/C15H11N5O2S/c1-16-13(21)12-11-10-9(4-6-18-14(10)23-12)20(15(22)19-11)8-3-2-5-17-7-8/h2-7H,1H3,(H,16,21)(H,19,22). The first-order valence-corrected chi connectivity index (χ1v) is 7.67. The zero-order valence-corrected chi connectivity index (χ0v) is 12.8. The molecule has 0 fully saturated rings. The van der Waals surface area contributed by atoms with E-state index in [0.29, 0.717) is 26.8 Å². The number of hydrogen-bond donors (Lipinski definition) is 2. The smallest absolute Gasteiger partial charge is 0.331 e. The number of pyridine rings is 2. The number of thiophene rings is 1. The minimum Gasteiger partial charge on any atom is -0.354 e. The van der Waals surface area contributed by atoms with Gasteiger partial charge in [-0.3, -0.25) is 14.7 Å². The number of carbonyl (C=O) groups is 2. The van der Waals surface area contributed by atoms with E-state index in [1.807, 2.05) is 0 Å². The molecule has 0 atom stereocenters. The Morgan fingerprint density at radius 3 is 2.96 bits per heavy atom. The molecule has 3 aromatic heterocycles. The number of anilines is 3. The Balaban J connectivity index is 1.99. The Bertz CT molecular complexity index is 938. The maximum atomic E-state index is 12.6. The molecule has 4 heterocycles. The summed E-state index contributed by atoms with van der Waals surface area (Å²) >= 11 is 1.25. The zero-order valence-electron chi connectivity index (χ0n) is 12.0. The van der Waals surface area contributed by atoms with Crippen LogP contribution in [-0.4, -0.2) is 29.0 Å². The number of hydrogen-bond acceptors (Lipinski definition) is 5. The van der Waals surface area contributed by atoms with Crippen LogP contribution in [0.25, 0.3) is 10.2 Å². The molecule has 3 aromatic rings. The number of nitrogens with zero attached hydrogens (tertiary/aromatic N) is 3. The summed E-state index contributed by atoms with van der Waals surface area (Å²) < 4.78 is 0. The van der Waals surface area contributed by atoms with Crippen LogP contribution >= 0.6 is 11.3 Å². The maximum Gasteiger partial charge on any atom is 0.331 e. The third-order valence-electron chi connectivity index (χ3n) is 3.58. The molecule has 0 aliphatic carbocycles. The van der Waals surface area contributed by atoms with Crippen molar-refractivity contribution < 1.29 is 9.59 Å². The fourth-order valence-corrected chi connectivity index (χ4v) is 3.67. The Kier molecular flexibility index (Phi) is 2.98. The average molecular weight is 325 g/mol. The van der Waals surface area contributed by atoms with Gasteiger partial charge in [-0.1, -0.05) is 0 Å². The Labute approximate surface area is 135 Å². The van der Waals surface area contributed by atoms with Gasteiger partial charge >= 0.3 is 6.03 Å². The summed E-state index contributed by atoms with van der Waals surface area (Å²) in [5.41, 5.74) is 1.85. The van der Waals surface area contributed by atoms with E-state index in [4.69, 9.17) is 0 Å². The van der Waals surface area contributed by atoms with Crippen LogP contribution in [0.1, 0.15) is 9.67 Å². The fourth-order valence-electron chi connectivity index (χ4n) is 2.60. The second-order valence-corrected chi connectivity index (χ2v) is 5.87. The summed E-state index contributed by atoms with van der Waals surface area (Å²) in [7, 11) is 1.56. The molecule has 2 N–H and O–H groups in total. The first-order valence-electron chi connectivity index (χ1n) is 6.85. The average Bonchev–Trinajstić information content (AvgIpc) is 2.95. The maximum absolute atomic E-state index is 12.6. The van der Waals surface area contributed by atoms with Crippen molar-refractivity contribution in [1.82, 2.24) is 15.3 Å². The van der Waals surface area contributed by atoms with Crippen LogP contribution in [0.5, 0.6) is 0 Å². The van der Waals surface area contributed by atoms with Gasteiger partial charge in [-0.2, -0.15) is 0 Å². The molecule has 114 valence electrons. The van der Waals surface area contributed by atoms with Gasteiger partial charge in [0, 0.05) is 19.4 Å². The second kappa shape index (κ2) is 5.03. The quantitative estimate of drug-likeness (QED) is 0.758. The topological polar surface area (TPSA) is 87.2 Å². The molecule has 0 unspecified atom stereocenters. The van der Waals surface area contributed by atoms with Crippen molar-refractivity contribution in [2.45, 2.75) is 0 Å². The van der Waals surface area contributed by atoms with Gasteiger partial charge < -0.3 is 10.6 Å². The highest BCUT2D eigenvalue weighted by atomic mass is 32.1. The number of nitrogens with one attached hydrogen (secondary N) is 2. The Morgan fingerprint density at radius 1 is 1.35 bits per heavy atom. The first kappa shape index (κ1) is 13.6. The third kappa shape index (κ3) is 1.95. The summed E-state index contributed by atoms with van der Waals surface area (Å²) in [4.78, 5) is 35.7. The summed E-state index contributed by atoms with van der Waals surface area (Å²) in [5.74, 6) is -0.246. The van der Waals surface area contributed by atoms with E-state index in [1.54, 1.807) is 43.8 Å². The van der Waals surface area contributed by atoms with Crippen molar-refractivity contribution in [1.29, 1.82) is 0 Å². The first-order chi connectivity index (χ1) is 11.2. The van der Waals surface area contributed by atoms with Gasteiger partial charge in [-0.15, -0.1) is 11.3 Å². The molecule has 0 saturated heterocycles. The van der Waals surface area contributed by atoms with Gasteiger partial charge in [-0.05, 0) is 18.2 Å². The lowest BCUT2D eigenvalue weighted by Gasteiger charge is -2.27. The summed E-state index contributed by atoms with van der Waals surface area (Å²) in [6.45, 7) is 0. The van der Waals surface area contributed by atoms with E-state index in [0.717, 1.165) is 5.39 Å². The summed E-state index contributed by atoms with van der Waals surface area (Å²) in [6.07, 6.45) is 4.89. The lowest BCUT2D eigenvalue weighted by Crippen LogP contribution is -2.34. The second-order valence-electron chi connectivity index (χ2n) is 4.87. The SMILES string of the molecule is CNC(=O)c1sc2nccc3c2c1NC(=O)N3c1cccnc1. The van der Waals surface area contributed by atoms with E-state index < -0.39 is 0 Å². The molecule has 0 radical (unpaired) electrons. The van der Waals surface area contributed by atoms with Crippen molar-refractivity contribution in [2.24, 2.45) is 0 Å². The molecule has 3 amide bonds. The van der Waals surface area contributed by atoms with Gasteiger partial charge in [0.2, 0.25) is 0 Å². The normalized spacial score (nSPS) is 13.1. The van der Waals surface area contributed by atoms with Gasteiger partial charge in [0.1, 0.15) is 9.71 Å². The molecule has 0 bridgehead atoms. The summed E-state index contributed by atoms with van der Waals surface area (Å²) in [5, 5.41) is 6.16. The highest BCUT2D eigenvalue weighted by molar-refractivity contribution is 7.21. The molecule has 1 aliphatic heterocycles. The van der Waals surface area contributed by atoms with Crippen molar-refractivity contribution >= 4 is 50.6 Å². The fraction of sp³-hybridized carbons (Fsp3) is 0.0667. The molecule has 0 saturated carbocycles. The molecular formula is C15H11N5O2S. The van der Waals surface area contributed by atoms with Crippen molar-refractivity contribution in [3.05, 3.63) is 41.7 Å². The van der Waals surface area contributed by atoms with Gasteiger partial charge in [0.25, 0.3) is 5.91 Å². The van der Waals surface area contributed by atoms with Crippen molar-refractivity contribution in [2.75, 3.05) is 17.3 Å². The monoisotopic (exact) mass is 325 g/mol. The minimum atomic E-state index is -0.332.